The number of anilines is 1. The van der Waals surface area contributed by atoms with Crippen molar-refractivity contribution in [3.8, 4) is 0 Å². The lowest BCUT2D eigenvalue weighted by Gasteiger charge is -2.42. The molecule has 6 amide bonds. The fourth-order valence-electron chi connectivity index (χ4n) is 7.23. The lowest BCUT2D eigenvalue weighted by molar-refractivity contribution is -0.141. The van der Waals surface area contributed by atoms with Crippen molar-refractivity contribution in [2.75, 3.05) is 51.7 Å². The number of hydrogen-bond donors (Lipinski definition) is 7. The van der Waals surface area contributed by atoms with Crippen LogP contribution >= 0.6 is 0 Å². The minimum Gasteiger partial charge on any atom is -0.399 e. The predicted molar refractivity (Wildman–Crippen MR) is 218 cm³/mol. The van der Waals surface area contributed by atoms with E-state index in [1.54, 1.807) is 53.4 Å². The van der Waals surface area contributed by atoms with E-state index in [0.29, 0.717) is 55.8 Å². The molecule has 0 aliphatic carbocycles. The predicted octanol–water partition coefficient (Wildman–Crippen LogP) is 0.659. The molecule has 0 unspecified atom stereocenters. The van der Waals surface area contributed by atoms with Crippen LogP contribution in [0.2, 0.25) is 0 Å². The molecule has 0 aromatic heterocycles. The Hall–Kier alpha value is -6.06. The molecule has 3 atom stereocenters. The summed E-state index contributed by atoms with van der Waals surface area (Å²) < 4.78 is 5.35. The Morgan fingerprint density at radius 3 is 2.36 bits per heavy atom. The fraction of sp³-hybridized carbons (Fsp3) is 0.395. The van der Waals surface area contributed by atoms with E-state index < -0.39 is 47.0 Å². The van der Waals surface area contributed by atoms with Gasteiger partial charge in [-0.2, -0.15) is 0 Å². The van der Waals surface area contributed by atoms with E-state index in [4.69, 9.17) is 16.2 Å². The molecule has 2 aliphatic heterocycles. The maximum atomic E-state index is 14.7. The third-order valence-corrected chi connectivity index (χ3v) is 10.3. The number of rotatable bonds is 10. The molecule has 0 radical (unpaired) electrons. The van der Waals surface area contributed by atoms with Crippen LogP contribution in [0.15, 0.2) is 91.0 Å². The third kappa shape index (κ3) is 12.7. The molecule has 2 heterocycles. The number of fused-ring (bicyclic) bond motifs is 3. The van der Waals surface area contributed by atoms with Gasteiger partial charge in [0, 0.05) is 63.5 Å². The van der Waals surface area contributed by atoms with Crippen LogP contribution in [0.1, 0.15) is 41.5 Å². The average Bonchev–Trinajstić information content (AvgIpc) is 3.22. The number of nitrogens with zero attached hydrogens (tertiary/aromatic N) is 1. The molecule has 0 saturated carbocycles. The molecule has 2 aliphatic rings. The van der Waals surface area contributed by atoms with Gasteiger partial charge in [0.15, 0.2) is 0 Å². The quantitative estimate of drug-likeness (QED) is 0.113. The molecule has 5 rings (SSSR count). The molecule has 1 fully saturated rings. The van der Waals surface area contributed by atoms with Crippen molar-refractivity contribution >= 4 is 41.1 Å². The molecule has 1 saturated heterocycles. The van der Waals surface area contributed by atoms with Crippen LogP contribution in [-0.2, 0) is 59.3 Å². The maximum absolute atomic E-state index is 14.7. The Kier molecular flexibility index (Phi) is 15.9. The summed E-state index contributed by atoms with van der Waals surface area (Å²) in [6.45, 7) is 1.60. The van der Waals surface area contributed by atoms with Gasteiger partial charge in [-0.3, -0.25) is 28.8 Å². The first kappa shape index (κ1) is 43.1. The highest BCUT2D eigenvalue weighted by Gasteiger charge is 2.44. The van der Waals surface area contributed by atoms with Gasteiger partial charge in [0.25, 0.3) is 0 Å². The zero-order valence-electron chi connectivity index (χ0n) is 32.7. The van der Waals surface area contributed by atoms with Crippen LogP contribution < -0.4 is 38.1 Å². The van der Waals surface area contributed by atoms with E-state index in [0.717, 1.165) is 17.2 Å². The molecular weight excluding hydrogens is 741 g/mol. The minimum atomic E-state index is -1.09. The second-order valence-electron chi connectivity index (χ2n) is 14.7. The molecule has 15 heteroatoms. The number of piperidine rings is 1. The Morgan fingerprint density at radius 1 is 0.862 bits per heavy atom. The van der Waals surface area contributed by atoms with Crippen molar-refractivity contribution in [1.29, 1.82) is 0 Å². The van der Waals surface area contributed by atoms with E-state index in [1.165, 1.54) is 6.08 Å². The number of nitrogens with two attached hydrogens (primary N) is 2. The van der Waals surface area contributed by atoms with E-state index in [-0.39, 0.29) is 58.0 Å². The van der Waals surface area contributed by atoms with Crippen molar-refractivity contribution in [2.45, 2.75) is 57.2 Å². The molecule has 3 aromatic carbocycles. The SMILES string of the molecule is NCCOCCNC(=O)[C@@H]1CCNC(=O)/C=C/C(=O)N2CCC[C@](Cc3ccccc3)(C2)C(=O)N[C@@H](Cc2ccc(N)cc2)C(=O)NCc2ccccc2CC(=O)N1. The van der Waals surface area contributed by atoms with Gasteiger partial charge in [-0.1, -0.05) is 66.7 Å². The van der Waals surface area contributed by atoms with Gasteiger partial charge in [0.1, 0.15) is 12.1 Å². The Labute approximate surface area is 338 Å². The zero-order valence-corrected chi connectivity index (χ0v) is 32.7. The van der Waals surface area contributed by atoms with Crippen LogP contribution in [0.25, 0.3) is 0 Å². The molecule has 0 spiro atoms. The number of hydrogen-bond acceptors (Lipinski definition) is 9. The van der Waals surface area contributed by atoms with E-state index in [9.17, 15) is 28.8 Å². The molecule has 58 heavy (non-hydrogen) atoms. The summed E-state index contributed by atoms with van der Waals surface area (Å²) in [6.07, 6.45) is 3.70. The highest BCUT2D eigenvalue weighted by Crippen LogP contribution is 2.35. The number of nitrogen functional groups attached to an aromatic ring is 1. The van der Waals surface area contributed by atoms with Crippen molar-refractivity contribution in [1.82, 2.24) is 31.5 Å². The zero-order chi connectivity index (χ0) is 41.3. The minimum absolute atomic E-state index is 0.0175. The number of benzene rings is 3. The lowest BCUT2D eigenvalue weighted by atomic mass is 9.74. The highest BCUT2D eigenvalue weighted by molar-refractivity contribution is 5.97. The largest absolute Gasteiger partial charge is 0.399 e. The van der Waals surface area contributed by atoms with E-state index in [2.05, 4.69) is 26.6 Å². The smallest absolute Gasteiger partial charge is 0.246 e. The lowest BCUT2D eigenvalue weighted by Crippen LogP contribution is -2.58. The summed E-state index contributed by atoms with van der Waals surface area (Å²) in [5.41, 5.74) is 13.8. The molecule has 2 bridgehead atoms. The van der Waals surface area contributed by atoms with Crippen molar-refractivity contribution < 1.29 is 33.5 Å². The van der Waals surface area contributed by atoms with Crippen LogP contribution in [0.5, 0.6) is 0 Å². The van der Waals surface area contributed by atoms with E-state index >= 15 is 0 Å². The van der Waals surface area contributed by atoms with Gasteiger partial charge in [0.05, 0.1) is 25.0 Å². The van der Waals surface area contributed by atoms with Crippen molar-refractivity contribution in [2.24, 2.45) is 11.1 Å². The fourth-order valence-corrected chi connectivity index (χ4v) is 7.23. The van der Waals surface area contributed by atoms with Crippen molar-refractivity contribution in [3.05, 3.63) is 113 Å². The van der Waals surface area contributed by atoms with Gasteiger partial charge in [-0.05, 0) is 60.1 Å². The van der Waals surface area contributed by atoms with Crippen LogP contribution in [-0.4, -0.2) is 98.4 Å². The Bertz CT molecular complexity index is 1920. The van der Waals surface area contributed by atoms with Crippen molar-refractivity contribution in [3.63, 3.8) is 0 Å². The first-order valence-corrected chi connectivity index (χ1v) is 19.7. The van der Waals surface area contributed by atoms with Gasteiger partial charge in [-0.25, -0.2) is 0 Å². The standard InChI is InChI=1S/C43H54N8O7/c44-19-23-58-24-21-47-40(55)35-17-20-46-37(52)15-16-39(54)51-22-6-18-43(29-51,27-31-7-2-1-3-8-31)42(57)50-36(25-30-11-13-34(45)14-12-30)41(56)48-28-33-10-5-4-9-32(33)26-38(53)49-35/h1-5,7-16,35-36H,6,17-29,44-45H2,(H,46,52)(H,47,55)(H,48,56)(H,49,53)(H,50,57)/b16-15+/t35-,36-,43-/m0/s1. The summed E-state index contributed by atoms with van der Waals surface area (Å²) in [5.74, 6) is -2.73. The number of carbonyl (C=O) groups is 6. The topological polar surface area (TPSA) is 227 Å². The van der Waals surface area contributed by atoms with E-state index in [1.807, 2.05) is 30.3 Å². The summed E-state index contributed by atoms with van der Waals surface area (Å²) in [4.78, 5) is 83.5. The second kappa shape index (κ2) is 21.5. The highest BCUT2D eigenvalue weighted by atomic mass is 16.5. The monoisotopic (exact) mass is 794 g/mol. The normalized spacial score (nSPS) is 21.8. The van der Waals surface area contributed by atoms with Gasteiger partial charge in [0.2, 0.25) is 35.4 Å². The first-order valence-electron chi connectivity index (χ1n) is 19.7. The molecular formula is C43H54N8O7. The summed E-state index contributed by atoms with van der Waals surface area (Å²) in [5, 5.41) is 14.3. The van der Waals surface area contributed by atoms with Gasteiger partial charge in [-0.15, -0.1) is 0 Å². The summed E-state index contributed by atoms with van der Waals surface area (Å²) in [7, 11) is 0. The second-order valence-corrected chi connectivity index (χ2v) is 14.7. The molecule has 3 aromatic rings. The Balaban J connectivity index is 1.45. The summed E-state index contributed by atoms with van der Waals surface area (Å²) in [6, 6.07) is 21.7. The van der Waals surface area contributed by atoms with Crippen LogP contribution in [0, 0.1) is 5.41 Å². The Morgan fingerprint density at radius 2 is 1.60 bits per heavy atom. The molecule has 15 nitrogen and oxygen atoms in total. The van der Waals surface area contributed by atoms with Crippen LogP contribution in [0.4, 0.5) is 5.69 Å². The number of carbonyl (C=O) groups excluding carboxylic acids is 6. The first-order chi connectivity index (χ1) is 28.0. The molecule has 308 valence electrons. The van der Waals surface area contributed by atoms with Gasteiger partial charge < -0.3 is 47.7 Å². The number of nitrogens with one attached hydrogen (secondary N) is 5. The average molecular weight is 795 g/mol. The molecule has 9 N–H and O–H groups in total. The maximum Gasteiger partial charge on any atom is 0.246 e. The van der Waals surface area contributed by atoms with Gasteiger partial charge >= 0.3 is 0 Å². The number of amides is 6. The summed E-state index contributed by atoms with van der Waals surface area (Å²) >= 11 is 0. The van der Waals surface area contributed by atoms with Crippen LogP contribution in [0.3, 0.4) is 0 Å². The third-order valence-electron chi connectivity index (χ3n) is 10.3. The number of ether oxygens (including phenoxy) is 1.